The lowest BCUT2D eigenvalue weighted by Gasteiger charge is -1.99. The molecular formula is C14H12ClN3S. The first-order valence-electron chi connectivity index (χ1n) is 5.87. The van der Waals surface area contributed by atoms with Crippen molar-refractivity contribution in [1.29, 1.82) is 0 Å². The van der Waals surface area contributed by atoms with Crippen LogP contribution in [0.25, 0.3) is 16.3 Å². The van der Waals surface area contributed by atoms with Crippen molar-refractivity contribution in [3.05, 3.63) is 58.6 Å². The van der Waals surface area contributed by atoms with Gasteiger partial charge in [0, 0.05) is 18.3 Å². The molecule has 3 nitrogen and oxygen atoms in total. The van der Waals surface area contributed by atoms with Gasteiger partial charge in [0.2, 0.25) is 0 Å². The molecule has 0 aliphatic heterocycles. The number of aromatic nitrogens is 2. The number of nitrogens with zero attached hydrogens (tertiary/aromatic N) is 2. The Hall–Kier alpha value is -1.62. The lowest BCUT2D eigenvalue weighted by molar-refractivity contribution is 0.883. The number of hydrogen-bond acceptors (Lipinski definition) is 3. The molecule has 0 saturated heterocycles. The first-order chi connectivity index (χ1) is 9.28. The summed E-state index contributed by atoms with van der Waals surface area (Å²) < 4.78 is 2.61. The van der Waals surface area contributed by atoms with Crippen molar-refractivity contribution in [2.45, 2.75) is 6.54 Å². The maximum atomic E-state index is 5.98. The maximum Gasteiger partial charge on any atom is 0.107 e. The third-order valence-electron chi connectivity index (χ3n) is 2.84. The Kier molecular flexibility index (Phi) is 3.38. The molecule has 0 atom stereocenters. The van der Waals surface area contributed by atoms with Crippen molar-refractivity contribution in [2.24, 2.45) is 5.73 Å². The standard InChI is InChI=1S/C14H12ClN3S/c15-13-7-6-12(19-13)14-10(8-16)9-18(17-14)11-4-2-1-3-5-11/h1-7,9H,8,16H2. The molecule has 1 aromatic carbocycles. The Morgan fingerprint density at radius 2 is 1.95 bits per heavy atom. The minimum absolute atomic E-state index is 0.456. The van der Waals surface area contributed by atoms with E-state index in [0.29, 0.717) is 6.54 Å². The zero-order valence-corrected chi connectivity index (χ0v) is 11.7. The summed E-state index contributed by atoms with van der Waals surface area (Å²) >= 11 is 7.50. The number of rotatable bonds is 3. The van der Waals surface area contributed by atoms with Crippen molar-refractivity contribution < 1.29 is 0 Å². The molecule has 0 radical (unpaired) electrons. The highest BCUT2D eigenvalue weighted by Crippen LogP contribution is 2.32. The highest BCUT2D eigenvalue weighted by molar-refractivity contribution is 7.19. The summed E-state index contributed by atoms with van der Waals surface area (Å²) in [5, 5.41) is 4.62. The molecule has 0 aliphatic carbocycles. The lowest BCUT2D eigenvalue weighted by Crippen LogP contribution is -1.95. The van der Waals surface area contributed by atoms with E-state index >= 15 is 0 Å². The van der Waals surface area contributed by atoms with E-state index in [4.69, 9.17) is 17.3 Å². The molecule has 2 aromatic heterocycles. The van der Waals surface area contributed by atoms with Crippen LogP contribution in [0.15, 0.2) is 48.7 Å². The predicted molar refractivity (Wildman–Crippen MR) is 79.8 cm³/mol. The molecular weight excluding hydrogens is 278 g/mol. The zero-order valence-electron chi connectivity index (χ0n) is 10.1. The Morgan fingerprint density at radius 3 is 2.58 bits per heavy atom. The molecule has 96 valence electrons. The van der Waals surface area contributed by atoms with Crippen LogP contribution >= 0.6 is 22.9 Å². The summed E-state index contributed by atoms with van der Waals surface area (Å²) in [5.41, 5.74) is 8.75. The fourth-order valence-corrected chi connectivity index (χ4v) is 2.98. The van der Waals surface area contributed by atoms with Crippen LogP contribution in [0.3, 0.4) is 0 Å². The van der Waals surface area contributed by atoms with E-state index in [2.05, 4.69) is 5.10 Å². The van der Waals surface area contributed by atoms with Gasteiger partial charge < -0.3 is 5.73 Å². The van der Waals surface area contributed by atoms with E-state index in [1.165, 1.54) is 11.3 Å². The largest absolute Gasteiger partial charge is 0.326 e. The second-order valence-corrected chi connectivity index (χ2v) is 5.81. The molecule has 0 bridgehead atoms. The van der Waals surface area contributed by atoms with Crippen LogP contribution in [-0.2, 0) is 6.54 Å². The number of benzene rings is 1. The number of hydrogen-bond donors (Lipinski definition) is 1. The summed E-state index contributed by atoms with van der Waals surface area (Å²) in [4.78, 5) is 1.04. The van der Waals surface area contributed by atoms with Crippen molar-refractivity contribution in [1.82, 2.24) is 9.78 Å². The Morgan fingerprint density at radius 1 is 1.16 bits per heavy atom. The molecule has 5 heteroatoms. The van der Waals surface area contributed by atoms with Crippen molar-refractivity contribution >= 4 is 22.9 Å². The highest BCUT2D eigenvalue weighted by Gasteiger charge is 2.12. The van der Waals surface area contributed by atoms with Crippen molar-refractivity contribution in [2.75, 3.05) is 0 Å². The molecule has 0 aliphatic rings. The average Bonchev–Trinajstić information content (AvgIpc) is 3.05. The topological polar surface area (TPSA) is 43.8 Å². The Bertz CT molecular complexity index is 688. The van der Waals surface area contributed by atoms with Crippen LogP contribution < -0.4 is 5.73 Å². The van der Waals surface area contributed by atoms with Gasteiger partial charge in [-0.05, 0) is 24.3 Å². The Balaban J connectivity index is 2.09. The first-order valence-corrected chi connectivity index (χ1v) is 7.07. The predicted octanol–water partition coefficient (Wildman–Crippen LogP) is 3.71. The maximum absolute atomic E-state index is 5.98. The fraction of sp³-hybridized carbons (Fsp3) is 0.0714. The van der Waals surface area contributed by atoms with Crippen molar-refractivity contribution in [3.8, 4) is 16.3 Å². The first kappa shape index (κ1) is 12.4. The molecule has 2 N–H and O–H groups in total. The van der Waals surface area contributed by atoms with Gasteiger partial charge in [-0.1, -0.05) is 29.8 Å². The van der Waals surface area contributed by atoms with Gasteiger partial charge in [0.05, 0.1) is 14.9 Å². The van der Waals surface area contributed by atoms with Gasteiger partial charge >= 0.3 is 0 Å². The second kappa shape index (κ2) is 5.17. The van der Waals surface area contributed by atoms with Crippen LogP contribution in [0.5, 0.6) is 0 Å². The van der Waals surface area contributed by atoms with E-state index in [0.717, 1.165) is 26.2 Å². The van der Waals surface area contributed by atoms with Gasteiger partial charge in [-0.3, -0.25) is 0 Å². The SMILES string of the molecule is NCc1cn(-c2ccccc2)nc1-c1ccc(Cl)s1. The molecule has 3 rings (SSSR count). The molecule has 0 amide bonds. The van der Waals surface area contributed by atoms with Gasteiger partial charge in [0.25, 0.3) is 0 Å². The van der Waals surface area contributed by atoms with Gasteiger partial charge in [-0.25, -0.2) is 4.68 Å². The van der Waals surface area contributed by atoms with Gasteiger partial charge in [-0.15, -0.1) is 11.3 Å². The minimum atomic E-state index is 0.456. The monoisotopic (exact) mass is 289 g/mol. The molecule has 0 unspecified atom stereocenters. The number of para-hydroxylation sites is 1. The summed E-state index contributed by atoms with van der Waals surface area (Å²) in [6.07, 6.45) is 1.97. The summed E-state index contributed by atoms with van der Waals surface area (Å²) in [6, 6.07) is 13.8. The summed E-state index contributed by atoms with van der Waals surface area (Å²) in [6.45, 7) is 0.456. The third-order valence-corrected chi connectivity index (χ3v) is 4.08. The van der Waals surface area contributed by atoms with E-state index in [-0.39, 0.29) is 0 Å². The normalized spacial score (nSPS) is 10.8. The number of halogens is 1. The second-order valence-electron chi connectivity index (χ2n) is 4.09. The summed E-state index contributed by atoms with van der Waals surface area (Å²) in [5.74, 6) is 0. The molecule has 0 saturated carbocycles. The number of thiophene rings is 1. The van der Waals surface area contributed by atoms with Gasteiger partial charge in [0.15, 0.2) is 0 Å². The van der Waals surface area contributed by atoms with Crippen LogP contribution in [0.4, 0.5) is 0 Å². The smallest absolute Gasteiger partial charge is 0.107 e. The molecule has 3 aromatic rings. The van der Waals surface area contributed by atoms with Gasteiger partial charge in [-0.2, -0.15) is 5.10 Å². The van der Waals surface area contributed by atoms with E-state index in [1.807, 2.05) is 53.3 Å². The van der Waals surface area contributed by atoms with Crippen LogP contribution in [0, 0.1) is 0 Å². The molecule has 0 spiro atoms. The Labute approximate surface area is 120 Å². The van der Waals surface area contributed by atoms with Crippen molar-refractivity contribution in [3.63, 3.8) is 0 Å². The zero-order chi connectivity index (χ0) is 13.2. The van der Waals surface area contributed by atoms with E-state index in [1.54, 1.807) is 0 Å². The van der Waals surface area contributed by atoms with E-state index in [9.17, 15) is 0 Å². The highest BCUT2D eigenvalue weighted by atomic mass is 35.5. The molecule has 2 heterocycles. The van der Waals surface area contributed by atoms with E-state index < -0.39 is 0 Å². The van der Waals surface area contributed by atoms with Crippen LogP contribution in [-0.4, -0.2) is 9.78 Å². The summed E-state index contributed by atoms with van der Waals surface area (Å²) in [7, 11) is 0. The lowest BCUT2D eigenvalue weighted by atomic mass is 10.2. The third kappa shape index (κ3) is 2.42. The average molecular weight is 290 g/mol. The van der Waals surface area contributed by atoms with Gasteiger partial charge in [0.1, 0.15) is 5.69 Å². The fourth-order valence-electron chi connectivity index (χ4n) is 1.92. The van der Waals surface area contributed by atoms with Crippen LogP contribution in [0.2, 0.25) is 4.34 Å². The molecule has 0 fully saturated rings. The molecule has 19 heavy (non-hydrogen) atoms. The quantitative estimate of drug-likeness (QED) is 0.799. The van der Waals surface area contributed by atoms with Crippen LogP contribution in [0.1, 0.15) is 5.56 Å². The number of nitrogens with two attached hydrogens (primary N) is 1. The minimum Gasteiger partial charge on any atom is -0.326 e.